The number of halogens is 1. The number of carbonyl (C=O) groups is 1. The van der Waals surface area contributed by atoms with Gasteiger partial charge in [0.2, 0.25) is 10.0 Å². The maximum atomic E-state index is 13.1. The zero-order valence-electron chi connectivity index (χ0n) is 17.0. The van der Waals surface area contributed by atoms with Crippen LogP contribution in [0, 0.1) is 5.82 Å². The fraction of sp³-hybridized carbons (Fsp3) is 0.273. The molecule has 4 rings (SSSR count). The minimum absolute atomic E-state index is 0.0481. The molecular weight excluding hydrogens is 437 g/mol. The van der Waals surface area contributed by atoms with Gasteiger partial charge in [0.25, 0.3) is 5.91 Å². The molecule has 1 aliphatic rings. The zero-order chi connectivity index (χ0) is 22.0. The van der Waals surface area contributed by atoms with Gasteiger partial charge in [-0.25, -0.2) is 17.8 Å². The van der Waals surface area contributed by atoms with E-state index in [0.717, 1.165) is 29.1 Å². The molecular formula is C22H22FN3O3S2. The van der Waals surface area contributed by atoms with Crippen molar-refractivity contribution in [3.05, 3.63) is 71.0 Å². The Kier molecular flexibility index (Phi) is 6.17. The summed E-state index contributed by atoms with van der Waals surface area (Å²) < 4.78 is 39.9. The van der Waals surface area contributed by atoms with Crippen LogP contribution in [-0.4, -0.2) is 54.7 Å². The molecule has 0 radical (unpaired) electrons. The van der Waals surface area contributed by atoms with Crippen LogP contribution in [-0.2, 0) is 16.4 Å². The summed E-state index contributed by atoms with van der Waals surface area (Å²) >= 11 is 1.42. The molecule has 0 aliphatic carbocycles. The number of hydrogen-bond donors (Lipinski definition) is 0. The van der Waals surface area contributed by atoms with Crippen LogP contribution in [0.25, 0.3) is 10.6 Å². The lowest BCUT2D eigenvalue weighted by Gasteiger charge is -2.33. The predicted molar refractivity (Wildman–Crippen MR) is 118 cm³/mol. The summed E-state index contributed by atoms with van der Waals surface area (Å²) in [6.07, 6.45) is 0.963. The smallest absolute Gasteiger partial charge is 0.273 e. The van der Waals surface area contributed by atoms with Crippen LogP contribution in [0.4, 0.5) is 4.39 Å². The molecule has 1 aromatic heterocycles. The van der Waals surface area contributed by atoms with E-state index in [0.29, 0.717) is 5.69 Å². The van der Waals surface area contributed by atoms with E-state index in [1.165, 1.54) is 33.3 Å². The third kappa shape index (κ3) is 4.53. The molecule has 0 saturated carbocycles. The number of carbonyl (C=O) groups excluding carboxylic acids is 1. The number of sulfonamides is 1. The maximum Gasteiger partial charge on any atom is 0.273 e. The Balaban J connectivity index is 1.41. The van der Waals surface area contributed by atoms with E-state index >= 15 is 0 Å². The van der Waals surface area contributed by atoms with E-state index in [1.807, 2.05) is 12.1 Å². The molecule has 0 bridgehead atoms. The number of rotatable bonds is 5. The van der Waals surface area contributed by atoms with Crippen LogP contribution < -0.4 is 0 Å². The van der Waals surface area contributed by atoms with Crippen molar-refractivity contribution >= 4 is 27.3 Å². The summed E-state index contributed by atoms with van der Waals surface area (Å²) in [5, 5.41) is 2.52. The van der Waals surface area contributed by atoms with Gasteiger partial charge in [-0.1, -0.05) is 31.2 Å². The van der Waals surface area contributed by atoms with E-state index in [2.05, 4.69) is 24.0 Å². The first-order valence-electron chi connectivity index (χ1n) is 9.98. The second kappa shape index (κ2) is 8.86. The van der Waals surface area contributed by atoms with Gasteiger partial charge in [0.05, 0.1) is 4.90 Å². The highest BCUT2D eigenvalue weighted by Gasteiger charge is 2.31. The van der Waals surface area contributed by atoms with Crippen molar-refractivity contribution in [3.63, 3.8) is 0 Å². The molecule has 9 heteroatoms. The maximum absolute atomic E-state index is 13.1. The molecule has 1 amide bonds. The number of aryl methyl sites for hydroxylation is 1. The quantitative estimate of drug-likeness (QED) is 0.584. The summed E-state index contributed by atoms with van der Waals surface area (Å²) in [5.41, 5.74) is 2.58. The number of hydrogen-bond acceptors (Lipinski definition) is 5. The van der Waals surface area contributed by atoms with E-state index in [9.17, 15) is 17.6 Å². The van der Waals surface area contributed by atoms with Gasteiger partial charge in [0.15, 0.2) is 0 Å². The Morgan fingerprint density at radius 2 is 1.68 bits per heavy atom. The highest BCUT2D eigenvalue weighted by atomic mass is 32.2. The molecule has 6 nitrogen and oxygen atoms in total. The number of piperazine rings is 1. The van der Waals surface area contributed by atoms with Crippen molar-refractivity contribution < 1.29 is 17.6 Å². The lowest BCUT2D eigenvalue weighted by Crippen LogP contribution is -2.50. The van der Waals surface area contributed by atoms with Gasteiger partial charge in [0, 0.05) is 37.1 Å². The van der Waals surface area contributed by atoms with Gasteiger partial charge in [-0.3, -0.25) is 4.79 Å². The first-order chi connectivity index (χ1) is 14.9. The Morgan fingerprint density at radius 3 is 2.29 bits per heavy atom. The fourth-order valence-electron chi connectivity index (χ4n) is 3.44. The van der Waals surface area contributed by atoms with E-state index < -0.39 is 15.8 Å². The van der Waals surface area contributed by atoms with Gasteiger partial charge in [-0.05, 0) is 36.2 Å². The van der Waals surface area contributed by atoms with Crippen LogP contribution in [0.3, 0.4) is 0 Å². The fourth-order valence-corrected chi connectivity index (χ4v) is 5.66. The first-order valence-corrected chi connectivity index (χ1v) is 12.3. The van der Waals surface area contributed by atoms with Crippen molar-refractivity contribution in [2.24, 2.45) is 0 Å². The van der Waals surface area contributed by atoms with Gasteiger partial charge < -0.3 is 4.90 Å². The first kappa shape index (κ1) is 21.6. The van der Waals surface area contributed by atoms with Crippen molar-refractivity contribution in [2.45, 2.75) is 18.2 Å². The topological polar surface area (TPSA) is 70.6 Å². The summed E-state index contributed by atoms with van der Waals surface area (Å²) in [7, 11) is -3.72. The summed E-state index contributed by atoms with van der Waals surface area (Å²) in [6.45, 7) is 3.01. The number of amides is 1. The number of benzene rings is 2. The minimum Gasteiger partial charge on any atom is -0.335 e. The third-order valence-electron chi connectivity index (χ3n) is 5.31. The Labute approximate surface area is 185 Å². The lowest BCUT2D eigenvalue weighted by molar-refractivity contribution is 0.0693. The summed E-state index contributed by atoms with van der Waals surface area (Å²) in [6, 6.07) is 12.9. The van der Waals surface area contributed by atoms with Crippen molar-refractivity contribution in [1.82, 2.24) is 14.2 Å². The Morgan fingerprint density at radius 1 is 1.03 bits per heavy atom. The highest BCUT2D eigenvalue weighted by Crippen LogP contribution is 2.25. The van der Waals surface area contributed by atoms with Crippen LogP contribution in [0.2, 0.25) is 0 Å². The van der Waals surface area contributed by atoms with E-state index in [-0.39, 0.29) is 37.0 Å². The molecule has 2 heterocycles. The van der Waals surface area contributed by atoms with E-state index in [4.69, 9.17) is 0 Å². The number of nitrogens with zero attached hydrogens (tertiary/aromatic N) is 3. The van der Waals surface area contributed by atoms with Crippen LogP contribution in [0.1, 0.15) is 23.0 Å². The van der Waals surface area contributed by atoms with Gasteiger partial charge >= 0.3 is 0 Å². The molecule has 0 N–H and O–H groups in total. The Bertz CT molecular complexity index is 1170. The normalized spacial score (nSPS) is 15.2. The third-order valence-corrected chi connectivity index (χ3v) is 8.11. The minimum atomic E-state index is -3.72. The van der Waals surface area contributed by atoms with Crippen LogP contribution in [0.5, 0.6) is 0 Å². The molecule has 2 aromatic carbocycles. The van der Waals surface area contributed by atoms with Gasteiger partial charge in [0.1, 0.15) is 16.5 Å². The molecule has 1 saturated heterocycles. The Hall–Kier alpha value is -2.62. The largest absolute Gasteiger partial charge is 0.335 e. The predicted octanol–water partition coefficient (Wildman–Crippen LogP) is 3.66. The standard InChI is InChI=1S/C22H22FN3O3S2/c1-2-16-3-5-17(6-4-16)21-24-20(15-30-21)22(27)25-11-13-26(14-12-25)31(28,29)19-9-7-18(23)8-10-19/h3-10,15H,2,11-14H2,1H3. The molecule has 162 valence electrons. The molecule has 0 spiro atoms. The second-order valence-corrected chi connectivity index (χ2v) is 10.0. The zero-order valence-corrected chi connectivity index (χ0v) is 18.6. The number of thiazole rings is 1. The number of aromatic nitrogens is 1. The average Bonchev–Trinajstić information content (AvgIpc) is 3.29. The summed E-state index contributed by atoms with van der Waals surface area (Å²) in [4.78, 5) is 19.0. The molecule has 3 aromatic rings. The lowest BCUT2D eigenvalue weighted by atomic mass is 10.1. The van der Waals surface area contributed by atoms with Crippen molar-refractivity contribution in [1.29, 1.82) is 0 Å². The summed E-state index contributed by atoms with van der Waals surface area (Å²) in [5.74, 6) is -0.690. The van der Waals surface area contributed by atoms with Gasteiger partial charge in [-0.15, -0.1) is 11.3 Å². The molecule has 1 aliphatic heterocycles. The van der Waals surface area contributed by atoms with Crippen LogP contribution in [0.15, 0.2) is 58.8 Å². The molecule has 0 atom stereocenters. The monoisotopic (exact) mass is 459 g/mol. The van der Waals surface area contributed by atoms with Crippen molar-refractivity contribution in [3.8, 4) is 10.6 Å². The molecule has 1 fully saturated rings. The highest BCUT2D eigenvalue weighted by molar-refractivity contribution is 7.89. The van der Waals surface area contributed by atoms with Crippen LogP contribution >= 0.6 is 11.3 Å². The average molecular weight is 460 g/mol. The van der Waals surface area contributed by atoms with Gasteiger partial charge in [-0.2, -0.15) is 4.31 Å². The second-order valence-electron chi connectivity index (χ2n) is 7.24. The van der Waals surface area contributed by atoms with E-state index in [1.54, 1.807) is 10.3 Å². The molecule has 31 heavy (non-hydrogen) atoms. The van der Waals surface area contributed by atoms with Crippen molar-refractivity contribution in [2.75, 3.05) is 26.2 Å². The molecule has 0 unspecified atom stereocenters. The SMILES string of the molecule is CCc1ccc(-c2nc(C(=O)N3CCN(S(=O)(=O)c4ccc(F)cc4)CC3)cs2)cc1.